The summed E-state index contributed by atoms with van der Waals surface area (Å²) in [7, 11) is 0. The summed E-state index contributed by atoms with van der Waals surface area (Å²) in [4.78, 5) is 28.2. The second-order valence-corrected chi connectivity index (χ2v) is 8.61. The summed E-state index contributed by atoms with van der Waals surface area (Å²) >= 11 is 0. The lowest BCUT2D eigenvalue weighted by atomic mass is 10.0. The van der Waals surface area contributed by atoms with Crippen LogP contribution in [-0.2, 0) is 6.18 Å². The van der Waals surface area contributed by atoms with Crippen LogP contribution in [-0.4, -0.2) is 44.4 Å². The van der Waals surface area contributed by atoms with Gasteiger partial charge >= 0.3 is 6.18 Å². The predicted molar refractivity (Wildman–Crippen MR) is 116 cm³/mol. The van der Waals surface area contributed by atoms with Crippen LogP contribution >= 0.6 is 0 Å². The lowest BCUT2D eigenvalue weighted by Crippen LogP contribution is -2.48. The summed E-state index contributed by atoms with van der Waals surface area (Å²) in [5, 5.41) is 3.24. The third-order valence-corrected chi connectivity index (χ3v) is 6.44. The fourth-order valence-corrected chi connectivity index (χ4v) is 4.92. The molecule has 0 radical (unpaired) electrons. The van der Waals surface area contributed by atoms with Crippen LogP contribution < -0.4 is 5.32 Å². The molecule has 3 aromatic heterocycles. The Morgan fingerprint density at radius 3 is 2.55 bits per heavy atom. The molecule has 4 heterocycles. The summed E-state index contributed by atoms with van der Waals surface area (Å²) in [6.07, 6.45) is 1.38. The third-order valence-electron chi connectivity index (χ3n) is 6.44. The van der Waals surface area contributed by atoms with Crippen LogP contribution in [0.5, 0.6) is 0 Å². The molecule has 1 aliphatic heterocycles. The average Bonchev–Trinajstić information content (AvgIpc) is 3.39. The maximum atomic E-state index is 13.6. The predicted octanol–water partition coefficient (Wildman–Crippen LogP) is 4.58. The molecule has 0 aromatic carbocycles. The van der Waals surface area contributed by atoms with Crippen LogP contribution in [0.4, 0.5) is 19.0 Å². The first-order chi connectivity index (χ1) is 15.8. The number of anilines is 1. The first kappa shape index (κ1) is 21.4. The van der Waals surface area contributed by atoms with Crippen LogP contribution in [0.2, 0.25) is 0 Å². The standard InChI is InChI=1S/C24H22F3N5O/c1-14-4-2-8-28-21(14)17-5-3-9-29-22(17)23(33)32-13-15-10-18(19(32)11-15)31-20-7-6-16(12-30-20)24(25,26)27/h2-9,12,15,18-19H,10-11,13H2,1H3,(H,30,31)/t15-,18-,19+/m1/s1. The number of hydrogen-bond donors (Lipinski definition) is 1. The van der Waals surface area contributed by atoms with E-state index < -0.39 is 11.7 Å². The van der Waals surface area contributed by atoms with Gasteiger partial charge in [-0.05, 0) is 61.6 Å². The van der Waals surface area contributed by atoms with E-state index in [2.05, 4.69) is 20.3 Å². The number of likely N-dealkylation sites (tertiary alicyclic amines) is 1. The van der Waals surface area contributed by atoms with E-state index in [-0.39, 0.29) is 18.0 Å². The van der Waals surface area contributed by atoms with Gasteiger partial charge in [-0.1, -0.05) is 6.07 Å². The zero-order valence-electron chi connectivity index (χ0n) is 17.9. The summed E-state index contributed by atoms with van der Waals surface area (Å²) in [6.45, 7) is 2.58. The molecule has 2 fully saturated rings. The summed E-state index contributed by atoms with van der Waals surface area (Å²) in [6, 6.07) is 9.62. The van der Waals surface area contributed by atoms with Gasteiger partial charge in [-0.3, -0.25) is 14.8 Å². The van der Waals surface area contributed by atoms with Gasteiger partial charge in [0.15, 0.2) is 0 Å². The van der Waals surface area contributed by atoms with E-state index in [9.17, 15) is 18.0 Å². The molecule has 3 atom stereocenters. The smallest absolute Gasteiger partial charge is 0.365 e. The van der Waals surface area contributed by atoms with Crippen molar-refractivity contribution in [2.45, 2.75) is 38.0 Å². The number of carbonyl (C=O) groups excluding carboxylic acids is 1. The molecule has 1 saturated heterocycles. The van der Waals surface area contributed by atoms with Crippen LogP contribution in [0.3, 0.4) is 0 Å². The number of pyridine rings is 3. The molecule has 0 unspecified atom stereocenters. The summed E-state index contributed by atoms with van der Waals surface area (Å²) < 4.78 is 38.4. The quantitative estimate of drug-likeness (QED) is 0.626. The summed E-state index contributed by atoms with van der Waals surface area (Å²) in [5.74, 6) is 0.542. The highest BCUT2D eigenvalue weighted by atomic mass is 19.4. The SMILES string of the molecule is Cc1cccnc1-c1cccnc1C(=O)N1C[C@@H]2C[C@@H](Nc3ccc(C(F)(F)F)cn3)[C@@H]1C2. The Labute approximate surface area is 188 Å². The van der Waals surface area contributed by atoms with Crippen molar-refractivity contribution in [1.29, 1.82) is 0 Å². The van der Waals surface area contributed by atoms with E-state index >= 15 is 0 Å². The minimum atomic E-state index is -4.42. The molecule has 9 heteroatoms. The Hall–Kier alpha value is -3.49. The Morgan fingerprint density at radius 2 is 1.85 bits per heavy atom. The second-order valence-electron chi connectivity index (χ2n) is 8.61. The first-order valence-electron chi connectivity index (χ1n) is 10.8. The van der Waals surface area contributed by atoms with E-state index in [0.29, 0.717) is 29.5 Å². The fourth-order valence-electron chi connectivity index (χ4n) is 4.92. The number of fused-ring (bicyclic) bond motifs is 2. The molecular weight excluding hydrogens is 431 g/mol. The van der Waals surface area contributed by atoms with Crippen LogP contribution in [0.25, 0.3) is 11.3 Å². The molecule has 33 heavy (non-hydrogen) atoms. The Kier molecular flexibility index (Phi) is 5.26. The largest absolute Gasteiger partial charge is 0.417 e. The van der Waals surface area contributed by atoms with Gasteiger partial charge in [-0.15, -0.1) is 0 Å². The minimum Gasteiger partial charge on any atom is -0.365 e. The molecule has 2 aliphatic rings. The van der Waals surface area contributed by atoms with Gasteiger partial charge in [-0.25, -0.2) is 4.98 Å². The second kappa shape index (κ2) is 8.13. The molecule has 6 nitrogen and oxygen atoms in total. The van der Waals surface area contributed by atoms with Crippen LogP contribution in [0.15, 0.2) is 55.0 Å². The lowest BCUT2D eigenvalue weighted by molar-refractivity contribution is -0.137. The number of rotatable bonds is 4. The van der Waals surface area contributed by atoms with Gasteiger partial charge in [-0.2, -0.15) is 13.2 Å². The molecule has 1 amide bonds. The van der Waals surface area contributed by atoms with E-state index in [0.717, 1.165) is 36.4 Å². The van der Waals surface area contributed by atoms with Crippen LogP contribution in [0.1, 0.15) is 34.5 Å². The molecule has 0 spiro atoms. The molecule has 3 aromatic rings. The number of halogens is 3. The molecule has 2 bridgehead atoms. The van der Waals surface area contributed by atoms with E-state index in [4.69, 9.17) is 0 Å². The topological polar surface area (TPSA) is 71.0 Å². The number of amides is 1. The highest BCUT2D eigenvalue weighted by Crippen LogP contribution is 2.40. The lowest BCUT2D eigenvalue weighted by Gasteiger charge is -2.34. The number of aryl methyl sites for hydroxylation is 1. The van der Waals surface area contributed by atoms with Crippen molar-refractivity contribution in [2.24, 2.45) is 5.92 Å². The fraction of sp³-hybridized carbons (Fsp3) is 0.333. The van der Waals surface area contributed by atoms with Crippen molar-refractivity contribution in [3.63, 3.8) is 0 Å². The summed E-state index contributed by atoms with van der Waals surface area (Å²) in [5.41, 5.74) is 1.94. The van der Waals surface area contributed by atoms with Gasteiger partial charge in [0.2, 0.25) is 0 Å². The number of aromatic nitrogens is 3. The molecule has 1 N–H and O–H groups in total. The molecule has 1 aliphatic carbocycles. The molecule has 170 valence electrons. The minimum absolute atomic E-state index is 0.0775. The maximum absolute atomic E-state index is 13.6. The highest BCUT2D eigenvalue weighted by molar-refractivity contribution is 5.99. The van der Waals surface area contributed by atoms with Crippen LogP contribution in [0, 0.1) is 12.8 Å². The van der Waals surface area contributed by atoms with Crippen molar-refractivity contribution >= 4 is 11.7 Å². The van der Waals surface area contributed by atoms with E-state index in [1.54, 1.807) is 18.5 Å². The number of carbonyl (C=O) groups is 1. The first-order valence-corrected chi connectivity index (χ1v) is 10.8. The van der Waals surface area contributed by atoms with Gasteiger partial charge in [0.1, 0.15) is 11.5 Å². The number of nitrogens with one attached hydrogen (secondary N) is 1. The Morgan fingerprint density at radius 1 is 1.06 bits per heavy atom. The number of hydrogen-bond acceptors (Lipinski definition) is 5. The van der Waals surface area contributed by atoms with E-state index in [1.165, 1.54) is 6.07 Å². The highest BCUT2D eigenvalue weighted by Gasteiger charge is 2.47. The number of piperidine rings is 1. The van der Waals surface area contributed by atoms with Gasteiger partial charge < -0.3 is 10.2 Å². The van der Waals surface area contributed by atoms with Gasteiger partial charge in [0, 0.05) is 36.7 Å². The third kappa shape index (κ3) is 4.03. The zero-order valence-corrected chi connectivity index (χ0v) is 17.9. The Balaban J connectivity index is 1.37. The van der Waals surface area contributed by atoms with Gasteiger partial charge in [0.05, 0.1) is 17.3 Å². The number of alkyl halides is 3. The van der Waals surface area contributed by atoms with Gasteiger partial charge in [0.25, 0.3) is 5.91 Å². The monoisotopic (exact) mass is 453 g/mol. The average molecular weight is 453 g/mol. The molecule has 5 rings (SSSR count). The molecular formula is C24H22F3N5O. The van der Waals surface area contributed by atoms with Crippen molar-refractivity contribution in [1.82, 2.24) is 19.9 Å². The van der Waals surface area contributed by atoms with Crippen molar-refractivity contribution in [3.05, 3.63) is 71.8 Å². The van der Waals surface area contributed by atoms with Crippen molar-refractivity contribution < 1.29 is 18.0 Å². The zero-order chi connectivity index (χ0) is 23.2. The number of nitrogens with zero attached hydrogens (tertiary/aromatic N) is 4. The van der Waals surface area contributed by atoms with Crippen molar-refractivity contribution in [3.8, 4) is 11.3 Å². The van der Waals surface area contributed by atoms with Crippen molar-refractivity contribution in [2.75, 3.05) is 11.9 Å². The maximum Gasteiger partial charge on any atom is 0.417 e. The normalized spacial score (nSPS) is 21.9. The molecule has 1 saturated carbocycles. The Bertz CT molecular complexity index is 1180. The van der Waals surface area contributed by atoms with E-state index in [1.807, 2.05) is 30.0 Å².